The molecule has 1 fully saturated rings. The molecule has 0 aromatic heterocycles. The van der Waals surface area contributed by atoms with Crippen molar-refractivity contribution in [3.05, 3.63) is 12.7 Å². The largest absolute Gasteiger partial charge is 0.375 e. The second-order valence-electron chi connectivity index (χ2n) is 2.78. The minimum atomic E-state index is 0. The number of morpholine rings is 1. The van der Waals surface area contributed by atoms with Gasteiger partial charge in [-0.25, -0.2) is 0 Å². The van der Waals surface area contributed by atoms with Crippen LogP contribution in [0.25, 0.3) is 0 Å². The van der Waals surface area contributed by atoms with Gasteiger partial charge in [0.05, 0.1) is 12.7 Å². The van der Waals surface area contributed by atoms with Crippen LogP contribution in [0.4, 0.5) is 0 Å². The molecule has 1 aliphatic rings. The van der Waals surface area contributed by atoms with Gasteiger partial charge in [-0.2, -0.15) is 0 Å². The molecule has 0 saturated carbocycles. The zero-order chi connectivity index (χ0) is 7.40. The van der Waals surface area contributed by atoms with Crippen molar-refractivity contribution in [2.45, 2.75) is 12.5 Å². The molecule has 1 rings (SSSR count). The first-order valence-electron chi connectivity index (χ1n) is 3.74. The Hall–Kier alpha value is -0.0500. The lowest BCUT2D eigenvalue weighted by Gasteiger charge is -2.29. The fourth-order valence-electron chi connectivity index (χ4n) is 1.20. The van der Waals surface area contributed by atoms with Gasteiger partial charge < -0.3 is 9.64 Å². The first-order chi connectivity index (χ1) is 4.83. The van der Waals surface area contributed by atoms with Crippen LogP contribution < -0.4 is 0 Å². The topological polar surface area (TPSA) is 12.5 Å². The van der Waals surface area contributed by atoms with E-state index in [0.717, 1.165) is 26.1 Å². The summed E-state index contributed by atoms with van der Waals surface area (Å²) in [6.45, 7) is 6.66. The van der Waals surface area contributed by atoms with Crippen molar-refractivity contribution in [3.63, 3.8) is 0 Å². The number of rotatable bonds is 2. The lowest BCUT2D eigenvalue weighted by atomic mass is 10.2. The fourth-order valence-corrected chi connectivity index (χ4v) is 1.20. The maximum atomic E-state index is 5.48. The van der Waals surface area contributed by atoms with Crippen molar-refractivity contribution < 1.29 is 4.74 Å². The Morgan fingerprint density at radius 3 is 3.00 bits per heavy atom. The van der Waals surface area contributed by atoms with Gasteiger partial charge in [-0.3, -0.25) is 0 Å². The Balaban J connectivity index is 0.000001000. The molecule has 1 heterocycles. The standard InChI is InChI=1S/C8H15NO.ClH/c1-3-4-8-7-9(2)5-6-10-8;/h3,8H,1,4-7H2,2H3;1H. The molecule has 2 nitrogen and oxygen atoms in total. The van der Waals surface area contributed by atoms with E-state index in [4.69, 9.17) is 4.74 Å². The van der Waals surface area contributed by atoms with Crippen LogP contribution in [-0.2, 0) is 4.74 Å². The summed E-state index contributed by atoms with van der Waals surface area (Å²) in [5.74, 6) is 0. The molecule has 0 aromatic carbocycles. The second-order valence-corrected chi connectivity index (χ2v) is 2.78. The molecule has 1 unspecified atom stereocenters. The van der Waals surface area contributed by atoms with Crippen LogP contribution in [0.1, 0.15) is 6.42 Å². The summed E-state index contributed by atoms with van der Waals surface area (Å²) in [7, 11) is 2.12. The molecule has 1 atom stereocenters. The van der Waals surface area contributed by atoms with Crippen LogP contribution in [0.2, 0.25) is 0 Å². The molecular weight excluding hydrogens is 162 g/mol. The van der Waals surface area contributed by atoms with Gasteiger partial charge in [0.25, 0.3) is 0 Å². The molecule has 11 heavy (non-hydrogen) atoms. The molecule has 0 aromatic rings. The Labute approximate surface area is 74.6 Å². The third-order valence-electron chi connectivity index (χ3n) is 1.77. The number of halogens is 1. The average molecular weight is 178 g/mol. The minimum Gasteiger partial charge on any atom is -0.375 e. The number of likely N-dealkylation sites (N-methyl/N-ethyl adjacent to an activating group) is 1. The van der Waals surface area contributed by atoms with Crippen molar-refractivity contribution in [1.29, 1.82) is 0 Å². The lowest BCUT2D eigenvalue weighted by molar-refractivity contribution is -0.0171. The molecular formula is C8H16ClNO. The predicted octanol–water partition coefficient (Wildman–Crippen LogP) is 1.31. The van der Waals surface area contributed by atoms with Crippen LogP contribution >= 0.6 is 12.4 Å². The van der Waals surface area contributed by atoms with E-state index < -0.39 is 0 Å². The van der Waals surface area contributed by atoms with Crippen LogP contribution in [0.15, 0.2) is 12.7 Å². The van der Waals surface area contributed by atoms with Gasteiger partial charge in [-0.15, -0.1) is 19.0 Å². The molecule has 1 saturated heterocycles. The highest BCUT2D eigenvalue weighted by molar-refractivity contribution is 5.85. The molecule has 0 bridgehead atoms. The van der Waals surface area contributed by atoms with Gasteiger partial charge in [-0.1, -0.05) is 6.08 Å². The van der Waals surface area contributed by atoms with Crippen LogP contribution in [0.5, 0.6) is 0 Å². The highest BCUT2D eigenvalue weighted by Crippen LogP contribution is 2.06. The summed E-state index contributed by atoms with van der Waals surface area (Å²) >= 11 is 0. The average Bonchev–Trinajstić information content (AvgIpc) is 1.88. The number of ether oxygens (including phenoxy) is 1. The van der Waals surface area contributed by atoms with Gasteiger partial charge in [0.2, 0.25) is 0 Å². The van der Waals surface area contributed by atoms with Gasteiger partial charge in [0.1, 0.15) is 0 Å². The quantitative estimate of drug-likeness (QED) is 0.590. The Morgan fingerprint density at radius 1 is 1.73 bits per heavy atom. The zero-order valence-corrected chi connectivity index (χ0v) is 7.77. The van der Waals surface area contributed by atoms with Crippen LogP contribution in [0, 0.1) is 0 Å². The third-order valence-corrected chi connectivity index (χ3v) is 1.77. The van der Waals surface area contributed by atoms with Crippen molar-refractivity contribution >= 4 is 12.4 Å². The van der Waals surface area contributed by atoms with E-state index in [1.807, 2.05) is 6.08 Å². The van der Waals surface area contributed by atoms with Gasteiger partial charge in [0, 0.05) is 13.1 Å². The van der Waals surface area contributed by atoms with Crippen molar-refractivity contribution in [1.82, 2.24) is 4.90 Å². The van der Waals surface area contributed by atoms with E-state index >= 15 is 0 Å². The Morgan fingerprint density at radius 2 is 2.45 bits per heavy atom. The highest BCUT2D eigenvalue weighted by Gasteiger charge is 2.15. The van der Waals surface area contributed by atoms with Gasteiger partial charge >= 0.3 is 0 Å². The Kier molecular flexibility index (Phi) is 5.56. The molecule has 0 N–H and O–H groups in total. The van der Waals surface area contributed by atoms with E-state index in [0.29, 0.717) is 6.10 Å². The summed E-state index contributed by atoms with van der Waals surface area (Å²) in [6.07, 6.45) is 3.28. The fraction of sp³-hybridized carbons (Fsp3) is 0.750. The molecule has 3 heteroatoms. The SMILES string of the molecule is C=CCC1CN(C)CCO1.Cl. The van der Waals surface area contributed by atoms with E-state index in [1.54, 1.807) is 0 Å². The highest BCUT2D eigenvalue weighted by atomic mass is 35.5. The summed E-state index contributed by atoms with van der Waals surface area (Å²) in [5, 5.41) is 0. The van der Waals surface area contributed by atoms with Crippen LogP contribution in [-0.4, -0.2) is 37.7 Å². The monoisotopic (exact) mass is 177 g/mol. The summed E-state index contributed by atoms with van der Waals surface area (Å²) < 4.78 is 5.48. The van der Waals surface area contributed by atoms with Crippen molar-refractivity contribution in [3.8, 4) is 0 Å². The van der Waals surface area contributed by atoms with Gasteiger partial charge in [0.15, 0.2) is 0 Å². The maximum absolute atomic E-state index is 5.48. The first-order valence-corrected chi connectivity index (χ1v) is 3.74. The minimum absolute atomic E-state index is 0. The van der Waals surface area contributed by atoms with E-state index in [1.165, 1.54) is 0 Å². The molecule has 0 spiro atoms. The van der Waals surface area contributed by atoms with E-state index in [9.17, 15) is 0 Å². The number of hydrogen-bond acceptors (Lipinski definition) is 2. The summed E-state index contributed by atoms with van der Waals surface area (Å²) in [5.41, 5.74) is 0. The summed E-state index contributed by atoms with van der Waals surface area (Å²) in [4.78, 5) is 2.29. The third kappa shape index (κ3) is 3.75. The molecule has 0 amide bonds. The number of nitrogens with zero attached hydrogens (tertiary/aromatic N) is 1. The predicted molar refractivity (Wildman–Crippen MR) is 49.3 cm³/mol. The first kappa shape index (κ1) is 11.0. The molecule has 1 aliphatic heterocycles. The lowest BCUT2D eigenvalue weighted by Crippen LogP contribution is -2.39. The van der Waals surface area contributed by atoms with E-state index in [2.05, 4.69) is 18.5 Å². The van der Waals surface area contributed by atoms with Crippen molar-refractivity contribution in [2.24, 2.45) is 0 Å². The van der Waals surface area contributed by atoms with Crippen LogP contribution in [0.3, 0.4) is 0 Å². The molecule has 0 radical (unpaired) electrons. The van der Waals surface area contributed by atoms with Gasteiger partial charge in [-0.05, 0) is 13.5 Å². The van der Waals surface area contributed by atoms with Crippen molar-refractivity contribution in [2.75, 3.05) is 26.7 Å². The normalized spacial score (nSPS) is 25.7. The number of hydrogen-bond donors (Lipinski definition) is 0. The second kappa shape index (κ2) is 5.58. The maximum Gasteiger partial charge on any atom is 0.0736 e. The smallest absolute Gasteiger partial charge is 0.0736 e. The summed E-state index contributed by atoms with van der Waals surface area (Å²) in [6, 6.07) is 0. The zero-order valence-electron chi connectivity index (χ0n) is 6.95. The van der Waals surface area contributed by atoms with E-state index in [-0.39, 0.29) is 12.4 Å². The molecule has 0 aliphatic carbocycles. The molecule has 66 valence electrons. The Bertz CT molecular complexity index is 119.